The van der Waals surface area contributed by atoms with Gasteiger partial charge < -0.3 is 10.0 Å². The minimum absolute atomic E-state index is 0.0395. The van der Waals surface area contributed by atoms with Crippen molar-refractivity contribution >= 4 is 11.9 Å². The summed E-state index contributed by atoms with van der Waals surface area (Å²) in [4.78, 5) is 21.0. The Morgan fingerprint density at radius 2 is 2.19 bits per heavy atom. The number of aromatic nitrogens is 2. The van der Waals surface area contributed by atoms with Crippen LogP contribution < -0.4 is 4.90 Å². The van der Waals surface area contributed by atoms with E-state index in [1.165, 1.54) is 6.07 Å². The molecule has 0 aliphatic carbocycles. The Morgan fingerprint density at radius 1 is 1.56 bits per heavy atom. The van der Waals surface area contributed by atoms with E-state index in [4.69, 9.17) is 5.11 Å². The monoisotopic (exact) mass is 223 g/mol. The molecule has 1 unspecified atom stereocenters. The van der Waals surface area contributed by atoms with Gasteiger partial charge in [0.05, 0.1) is 0 Å². The maximum absolute atomic E-state index is 10.9. The molecule has 1 rings (SSSR count). The lowest BCUT2D eigenvalue weighted by molar-refractivity contribution is 0.0690. The average molecular weight is 223 g/mol. The van der Waals surface area contributed by atoms with Crippen LogP contribution in [-0.4, -0.2) is 34.1 Å². The minimum atomic E-state index is -1.02. The van der Waals surface area contributed by atoms with Crippen LogP contribution in [0.5, 0.6) is 0 Å². The van der Waals surface area contributed by atoms with Crippen molar-refractivity contribution in [1.82, 2.24) is 9.97 Å². The zero-order chi connectivity index (χ0) is 12.3. The molecule has 0 spiro atoms. The van der Waals surface area contributed by atoms with Crippen LogP contribution in [0.3, 0.4) is 0 Å². The molecule has 0 aliphatic heterocycles. The lowest BCUT2D eigenvalue weighted by Crippen LogP contribution is -2.30. The first-order valence-electron chi connectivity index (χ1n) is 5.27. The van der Waals surface area contributed by atoms with Crippen molar-refractivity contribution in [3.63, 3.8) is 0 Å². The highest BCUT2D eigenvalue weighted by atomic mass is 16.4. The van der Waals surface area contributed by atoms with Crippen molar-refractivity contribution < 1.29 is 9.90 Å². The Morgan fingerprint density at radius 3 is 2.69 bits per heavy atom. The predicted octanol–water partition coefficient (Wildman–Crippen LogP) is 1.72. The summed E-state index contributed by atoms with van der Waals surface area (Å²) in [5, 5.41) is 8.90. The molecule has 1 heterocycles. The second-order valence-corrected chi connectivity index (χ2v) is 3.87. The summed E-state index contributed by atoms with van der Waals surface area (Å²) in [7, 11) is 1.87. The van der Waals surface area contributed by atoms with Gasteiger partial charge in [-0.2, -0.15) is 0 Å². The third kappa shape index (κ3) is 2.68. The minimum Gasteiger partial charge on any atom is -0.477 e. The normalized spacial score (nSPS) is 12.2. The largest absolute Gasteiger partial charge is 0.477 e. The van der Waals surface area contributed by atoms with Crippen molar-refractivity contribution in [2.24, 2.45) is 0 Å². The molecule has 88 valence electrons. The number of carboxylic acid groups (broad SMARTS) is 1. The van der Waals surface area contributed by atoms with E-state index in [1.807, 2.05) is 18.9 Å². The van der Waals surface area contributed by atoms with Crippen LogP contribution in [0.25, 0.3) is 0 Å². The molecule has 0 fully saturated rings. The van der Waals surface area contributed by atoms with E-state index in [0.29, 0.717) is 11.6 Å². The lowest BCUT2D eigenvalue weighted by Gasteiger charge is -2.24. The number of hydrogen-bond acceptors (Lipinski definition) is 4. The molecule has 1 aromatic rings. The molecular weight excluding hydrogens is 206 g/mol. The Labute approximate surface area is 95.1 Å². The Hall–Kier alpha value is -1.65. The van der Waals surface area contributed by atoms with Gasteiger partial charge in [-0.25, -0.2) is 14.8 Å². The van der Waals surface area contributed by atoms with Crippen LogP contribution >= 0.6 is 0 Å². The first-order valence-corrected chi connectivity index (χ1v) is 5.27. The first kappa shape index (κ1) is 12.4. The smallest absolute Gasteiger partial charge is 0.354 e. The van der Waals surface area contributed by atoms with Crippen molar-refractivity contribution in [1.29, 1.82) is 0 Å². The van der Waals surface area contributed by atoms with E-state index >= 15 is 0 Å². The highest BCUT2D eigenvalue weighted by Gasteiger charge is 2.14. The van der Waals surface area contributed by atoms with Gasteiger partial charge in [0.15, 0.2) is 5.69 Å². The van der Waals surface area contributed by atoms with Crippen molar-refractivity contribution in [2.45, 2.75) is 33.2 Å². The number of hydrogen-bond donors (Lipinski definition) is 1. The summed E-state index contributed by atoms with van der Waals surface area (Å²) in [6, 6.07) is 1.75. The van der Waals surface area contributed by atoms with Crippen LogP contribution in [-0.2, 0) is 0 Å². The molecule has 0 radical (unpaired) electrons. The quantitative estimate of drug-likeness (QED) is 0.841. The summed E-state index contributed by atoms with van der Waals surface area (Å²) in [6.45, 7) is 5.88. The number of anilines is 1. The van der Waals surface area contributed by atoms with E-state index in [-0.39, 0.29) is 11.7 Å². The van der Waals surface area contributed by atoms with Crippen LogP contribution in [0.4, 0.5) is 5.95 Å². The standard InChI is InChI=1S/C11H17N3O2/c1-5-8(3)14(4)11-12-7(2)6-9(13-11)10(15)16/h6,8H,5H2,1-4H3,(H,15,16). The SMILES string of the molecule is CCC(C)N(C)c1nc(C)cc(C(=O)O)n1. The van der Waals surface area contributed by atoms with Gasteiger partial charge in [0.2, 0.25) is 5.95 Å². The van der Waals surface area contributed by atoms with E-state index in [2.05, 4.69) is 16.9 Å². The first-order chi connectivity index (χ1) is 7.45. The van der Waals surface area contributed by atoms with Gasteiger partial charge >= 0.3 is 5.97 Å². The van der Waals surface area contributed by atoms with E-state index in [9.17, 15) is 4.79 Å². The summed E-state index contributed by atoms with van der Waals surface area (Å²) in [6.07, 6.45) is 0.955. The van der Waals surface area contributed by atoms with Gasteiger partial charge in [-0.1, -0.05) is 6.92 Å². The number of aromatic carboxylic acids is 1. The molecule has 0 aliphatic rings. The molecule has 0 saturated heterocycles. The zero-order valence-corrected chi connectivity index (χ0v) is 10.1. The summed E-state index contributed by atoms with van der Waals surface area (Å²) in [5.41, 5.74) is 0.704. The molecular formula is C11H17N3O2. The molecule has 5 nitrogen and oxygen atoms in total. The zero-order valence-electron chi connectivity index (χ0n) is 10.1. The second kappa shape index (κ2) is 4.92. The van der Waals surface area contributed by atoms with Gasteiger partial charge in [0, 0.05) is 18.8 Å². The fourth-order valence-corrected chi connectivity index (χ4v) is 1.29. The van der Waals surface area contributed by atoms with Crippen LogP contribution in [0.15, 0.2) is 6.07 Å². The van der Waals surface area contributed by atoms with Crippen LogP contribution in [0.1, 0.15) is 36.5 Å². The number of carboxylic acids is 1. The lowest BCUT2D eigenvalue weighted by atomic mass is 10.2. The van der Waals surface area contributed by atoms with Gasteiger partial charge in [0.25, 0.3) is 0 Å². The van der Waals surface area contributed by atoms with Gasteiger partial charge in [-0.3, -0.25) is 0 Å². The summed E-state index contributed by atoms with van der Waals surface area (Å²) >= 11 is 0. The predicted molar refractivity (Wildman–Crippen MR) is 61.9 cm³/mol. The Bertz CT molecular complexity index is 393. The molecule has 1 atom stereocenters. The summed E-state index contributed by atoms with van der Waals surface area (Å²) in [5.74, 6) is -0.559. The molecule has 0 saturated carbocycles. The highest BCUT2D eigenvalue weighted by Crippen LogP contribution is 2.13. The molecule has 0 bridgehead atoms. The molecule has 1 aromatic heterocycles. The molecule has 16 heavy (non-hydrogen) atoms. The average Bonchev–Trinajstić information content (AvgIpc) is 2.26. The van der Waals surface area contributed by atoms with E-state index in [0.717, 1.165) is 6.42 Å². The Balaban J connectivity index is 3.09. The number of aryl methyl sites for hydroxylation is 1. The van der Waals surface area contributed by atoms with Crippen molar-refractivity contribution in [2.75, 3.05) is 11.9 Å². The molecule has 5 heteroatoms. The third-order valence-corrected chi connectivity index (χ3v) is 2.63. The maximum Gasteiger partial charge on any atom is 0.354 e. The second-order valence-electron chi connectivity index (χ2n) is 3.87. The van der Waals surface area contributed by atoms with Crippen LogP contribution in [0.2, 0.25) is 0 Å². The fourth-order valence-electron chi connectivity index (χ4n) is 1.29. The maximum atomic E-state index is 10.9. The molecule has 1 N–H and O–H groups in total. The Kier molecular flexibility index (Phi) is 3.82. The highest BCUT2D eigenvalue weighted by molar-refractivity contribution is 5.85. The van der Waals surface area contributed by atoms with Crippen molar-refractivity contribution in [3.05, 3.63) is 17.5 Å². The topological polar surface area (TPSA) is 66.3 Å². The molecule has 0 aromatic carbocycles. The molecule has 0 amide bonds. The van der Waals surface area contributed by atoms with Crippen molar-refractivity contribution in [3.8, 4) is 0 Å². The van der Waals surface area contributed by atoms with E-state index in [1.54, 1.807) is 6.92 Å². The van der Waals surface area contributed by atoms with Gasteiger partial charge in [-0.15, -0.1) is 0 Å². The number of nitrogens with zero attached hydrogens (tertiary/aromatic N) is 3. The van der Waals surface area contributed by atoms with Gasteiger partial charge in [-0.05, 0) is 26.3 Å². The van der Waals surface area contributed by atoms with Gasteiger partial charge in [0.1, 0.15) is 0 Å². The van der Waals surface area contributed by atoms with E-state index < -0.39 is 5.97 Å². The fraction of sp³-hybridized carbons (Fsp3) is 0.545. The summed E-state index contributed by atoms with van der Waals surface area (Å²) < 4.78 is 0. The van der Waals surface area contributed by atoms with Crippen LogP contribution in [0, 0.1) is 6.92 Å². The number of rotatable bonds is 4. The number of carbonyl (C=O) groups is 1. The third-order valence-electron chi connectivity index (χ3n) is 2.63.